The van der Waals surface area contributed by atoms with E-state index < -0.39 is 11.7 Å². The van der Waals surface area contributed by atoms with Gasteiger partial charge in [-0.3, -0.25) is 0 Å². The standard InChI is InChI=1S/C9H15F3N2/c1-2-5-13-6-7-14-8(3-4-8)9(10,11)12/h2,13-14H,1,3-7H2. The summed E-state index contributed by atoms with van der Waals surface area (Å²) < 4.78 is 37.1. The van der Waals surface area contributed by atoms with Gasteiger partial charge in [0.25, 0.3) is 0 Å². The lowest BCUT2D eigenvalue weighted by molar-refractivity contribution is -0.165. The molecule has 0 amide bonds. The second kappa shape index (κ2) is 4.31. The van der Waals surface area contributed by atoms with Crippen LogP contribution in [0.5, 0.6) is 0 Å². The molecule has 0 saturated heterocycles. The molecular formula is C9H15F3N2. The summed E-state index contributed by atoms with van der Waals surface area (Å²) in [7, 11) is 0. The number of rotatable bonds is 6. The first-order chi connectivity index (χ1) is 6.52. The summed E-state index contributed by atoms with van der Waals surface area (Å²) >= 11 is 0. The Hall–Kier alpha value is -0.550. The fourth-order valence-corrected chi connectivity index (χ4v) is 1.28. The van der Waals surface area contributed by atoms with Crippen molar-refractivity contribution in [2.75, 3.05) is 19.6 Å². The van der Waals surface area contributed by atoms with Gasteiger partial charge in [-0.05, 0) is 12.8 Å². The van der Waals surface area contributed by atoms with Gasteiger partial charge in [-0.2, -0.15) is 13.2 Å². The van der Waals surface area contributed by atoms with E-state index in [4.69, 9.17) is 0 Å². The number of nitrogens with one attached hydrogen (secondary N) is 2. The van der Waals surface area contributed by atoms with Gasteiger partial charge in [-0.25, -0.2) is 0 Å². The van der Waals surface area contributed by atoms with E-state index in [0.717, 1.165) is 0 Å². The average molecular weight is 208 g/mol. The van der Waals surface area contributed by atoms with Crippen molar-refractivity contribution in [3.8, 4) is 0 Å². The zero-order chi connectivity index (χ0) is 10.7. The Labute approximate surface area is 81.6 Å². The topological polar surface area (TPSA) is 24.1 Å². The monoisotopic (exact) mass is 208 g/mol. The Bertz CT molecular complexity index is 197. The predicted molar refractivity (Wildman–Crippen MR) is 49.1 cm³/mol. The van der Waals surface area contributed by atoms with Gasteiger partial charge in [0.15, 0.2) is 0 Å². The highest BCUT2D eigenvalue weighted by atomic mass is 19.4. The molecule has 1 aliphatic rings. The summed E-state index contributed by atoms with van der Waals surface area (Å²) in [6, 6.07) is 0. The lowest BCUT2D eigenvalue weighted by atomic mass is 10.2. The van der Waals surface area contributed by atoms with Crippen molar-refractivity contribution in [3.63, 3.8) is 0 Å². The largest absolute Gasteiger partial charge is 0.406 e. The van der Waals surface area contributed by atoms with E-state index in [1.165, 1.54) is 0 Å². The molecule has 0 heterocycles. The number of alkyl halides is 3. The maximum Gasteiger partial charge on any atom is 0.406 e. The van der Waals surface area contributed by atoms with Gasteiger partial charge >= 0.3 is 6.18 Å². The van der Waals surface area contributed by atoms with Crippen LogP contribution in [0.1, 0.15) is 12.8 Å². The van der Waals surface area contributed by atoms with Crippen LogP contribution in [-0.4, -0.2) is 31.3 Å². The summed E-state index contributed by atoms with van der Waals surface area (Å²) in [4.78, 5) is 0. The molecule has 0 bridgehead atoms. The van der Waals surface area contributed by atoms with E-state index in [2.05, 4.69) is 17.2 Å². The Balaban J connectivity index is 2.15. The number of hydrogen-bond acceptors (Lipinski definition) is 2. The molecule has 0 aromatic heterocycles. The lowest BCUT2D eigenvalue weighted by Crippen LogP contribution is -2.47. The average Bonchev–Trinajstić information content (AvgIpc) is 2.84. The summed E-state index contributed by atoms with van der Waals surface area (Å²) in [5, 5.41) is 5.49. The first kappa shape index (κ1) is 11.5. The van der Waals surface area contributed by atoms with E-state index >= 15 is 0 Å². The molecule has 0 aliphatic heterocycles. The molecule has 0 radical (unpaired) electrons. The van der Waals surface area contributed by atoms with Crippen LogP contribution in [-0.2, 0) is 0 Å². The molecule has 2 N–H and O–H groups in total. The van der Waals surface area contributed by atoms with E-state index in [-0.39, 0.29) is 12.8 Å². The van der Waals surface area contributed by atoms with Gasteiger partial charge in [0.05, 0.1) is 0 Å². The molecule has 0 aromatic rings. The second-order valence-electron chi connectivity index (χ2n) is 3.50. The molecule has 0 spiro atoms. The Kier molecular flexibility index (Phi) is 3.55. The third-order valence-electron chi connectivity index (χ3n) is 2.35. The molecule has 1 saturated carbocycles. The van der Waals surface area contributed by atoms with E-state index in [0.29, 0.717) is 19.6 Å². The van der Waals surface area contributed by atoms with Crippen molar-refractivity contribution in [1.82, 2.24) is 10.6 Å². The van der Waals surface area contributed by atoms with Crippen LogP contribution in [0.2, 0.25) is 0 Å². The molecule has 0 unspecified atom stereocenters. The Morgan fingerprint density at radius 2 is 1.93 bits per heavy atom. The summed E-state index contributed by atoms with van der Waals surface area (Å²) in [6.45, 7) is 4.99. The highest BCUT2D eigenvalue weighted by Crippen LogP contribution is 2.48. The molecular weight excluding hydrogens is 193 g/mol. The van der Waals surface area contributed by atoms with Gasteiger partial charge in [-0.15, -0.1) is 6.58 Å². The van der Waals surface area contributed by atoms with Crippen molar-refractivity contribution in [3.05, 3.63) is 12.7 Å². The molecule has 1 aliphatic carbocycles. The minimum absolute atomic E-state index is 0.206. The third-order valence-corrected chi connectivity index (χ3v) is 2.35. The fraction of sp³-hybridized carbons (Fsp3) is 0.778. The second-order valence-corrected chi connectivity index (χ2v) is 3.50. The Morgan fingerprint density at radius 1 is 1.29 bits per heavy atom. The van der Waals surface area contributed by atoms with Crippen LogP contribution < -0.4 is 10.6 Å². The van der Waals surface area contributed by atoms with Crippen molar-refractivity contribution in [2.45, 2.75) is 24.6 Å². The molecule has 14 heavy (non-hydrogen) atoms. The molecule has 2 nitrogen and oxygen atoms in total. The number of hydrogen-bond donors (Lipinski definition) is 2. The van der Waals surface area contributed by atoms with Crippen molar-refractivity contribution in [1.29, 1.82) is 0 Å². The van der Waals surface area contributed by atoms with Crippen LogP contribution in [0.15, 0.2) is 12.7 Å². The lowest BCUT2D eigenvalue weighted by Gasteiger charge is -2.20. The van der Waals surface area contributed by atoms with Crippen molar-refractivity contribution in [2.24, 2.45) is 0 Å². The fourth-order valence-electron chi connectivity index (χ4n) is 1.28. The molecule has 0 aromatic carbocycles. The van der Waals surface area contributed by atoms with Gasteiger partial charge in [0, 0.05) is 19.6 Å². The van der Waals surface area contributed by atoms with Gasteiger partial charge in [0.2, 0.25) is 0 Å². The molecule has 5 heteroatoms. The zero-order valence-electron chi connectivity index (χ0n) is 7.95. The van der Waals surface area contributed by atoms with E-state index in [9.17, 15) is 13.2 Å². The van der Waals surface area contributed by atoms with E-state index in [1.807, 2.05) is 0 Å². The minimum atomic E-state index is -4.11. The Morgan fingerprint density at radius 3 is 2.36 bits per heavy atom. The zero-order valence-corrected chi connectivity index (χ0v) is 7.95. The van der Waals surface area contributed by atoms with Crippen LogP contribution in [0.3, 0.4) is 0 Å². The molecule has 82 valence electrons. The minimum Gasteiger partial charge on any atom is -0.312 e. The smallest absolute Gasteiger partial charge is 0.312 e. The highest BCUT2D eigenvalue weighted by Gasteiger charge is 2.62. The summed E-state index contributed by atoms with van der Waals surface area (Å²) in [5.74, 6) is 0. The van der Waals surface area contributed by atoms with Crippen LogP contribution in [0.4, 0.5) is 13.2 Å². The first-order valence-corrected chi connectivity index (χ1v) is 4.65. The maximum absolute atomic E-state index is 12.4. The van der Waals surface area contributed by atoms with Crippen molar-refractivity contribution < 1.29 is 13.2 Å². The number of halogens is 3. The highest BCUT2D eigenvalue weighted by molar-refractivity contribution is 5.07. The van der Waals surface area contributed by atoms with Gasteiger partial charge in [0.1, 0.15) is 5.54 Å². The van der Waals surface area contributed by atoms with Crippen LogP contribution in [0.25, 0.3) is 0 Å². The predicted octanol–water partition coefficient (Wildman–Crippen LogP) is 1.45. The quantitative estimate of drug-likeness (QED) is 0.510. The first-order valence-electron chi connectivity index (χ1n) is 4.65. The van der Waals surface area contributed by atoms with Gasteiger partial charge < -0.3 is 10.6 Å². The molecule has 0 atom stereocenters. The molecule has 1 fully saturated rings. The summed E-state index contributed by atoms with van der Waals surface area (Å²) in [6.07, 6.45) is -2.02. The van der Waals surface area contributed by atoms with Gasteiger partial charge in [-0.1, -0.05) is 6.08 Å². The van der Waals surface area contributed by atoms with Crippen molar-refractivity contribution >= 4 is 0 Å². The third kappa shape index (κ3) is 2.72. The SMILES string of the molecule is C=CCNCCNC1(C(F)(F)F)CC1. The van der Waals surface area contributed by atoms with E-state index in [1.54, 1.807) is 6.08 Å². The normalized spacial score (nSPS) is 19.4. The molecule has 1 rings (SSSR count). The maximum atomic E-state index is 12.4. The summed E-state index contributed by atoms with van der Waals surface area (Å²) in [5.41, 5.74) is -1.58. The van der Waals surface area contributed by atoms with Crippen LogP contribution in [0, 0.1) is 0 Å². The van der Waals surface area contributed by atoms with Crippen LogP contribution >= 0.6 is 0 Å².